The highest BCUT2D eigenvalue weighted by atomic mass is 32.1. The molecule has 6 heteroatoms. The minimum atomic E-state index is -4.36. The molecule has 96 valence electrons. The van der Waals surface area contributed by atoms with Gasteiger partial charge in [0.05, 0.1) is 12.1 Å². The van der Waals surface area contributed by atoms with Gasteiger partial charge in [0, 0.05) is 16.3 Å². The molecule has 1 heterocycles. The average molecular weight is 272 g/mol. The van der Waals surface area contributed by atoms with Gasteiger partial charge in [-0.3, -0.25) is 0 Å². The monoisotopic (exact) mass is 272 g/mol. The van der Waals surface area contributed by atoms with Crippen molar-refractivity contribution in [3.8, 4) is 0 Å². The zero-order valence-electron chi connectivity index (χ0n) is 9.29. The Morgan fingerprint density at radius 3 is 2.50 bits per heavy atom. The fourth-order valence-corrected chi connectivity index (χ4v) is 2.29. The van der Waals surface area contributed by atoms with Crippen molar-refractivity contribution >= 4 is 22.7 Å². The summed E-state index contributed by atoms with van der Waals surface area (Å²) in [6.45, 7) is 0.288. The van der Waals surface area contributed by atoms with Gasteiger partial charge in [-0.05, 0) is 23.6 Å². The molecule has 2 nitrogen and oxygen atoms in total. The van der Waals surface area contributed by atoms with E-state index in [1.165, 1.54) is 23.5 Å². The van der Waals surface area contributed by atoms with E-state index in [1.54, 1.807) is 12.1 Å². The number of para-hydroxylation sites is 1. The Kier molecular flexibility index (Phi) is 3.47. The quantitative estimate of drug-likeness (QED) is 0.887. The van der Waals surface area contributed by atoms with E-state index in [1.807, 2.05) is 5.38 Å². The van der Waals surface area contributed by atoms with Gasteiger partial charge in [0.25, 0.3) is 0 Å². The lowest BCUT2D eigenvalue weighted by molar-refractivity contribution is -0.136. The molecule has 0 radical (unpaired) electrons. The largest absolute Gasteiger partial charge is 0.418 e. The second kappa shape index (κ2) is 4.89. The number of thiophene rings is 1. The normalized spacial score (nSPS) is 11.5. The summed E-state index contributed by atoms with van der Waals surface area (Å²) in [6, 6.07) is 7.13. The van der Waals surface area contributed by atoms with Crippen LogP contribution in [0.5, 0.6) is 0 Å². The van der Waals surface area contributed by atoms with Gasteiger partial charge < -0.3 is 11.1 Å². The summed E-state index contributed by atoms with van der Waals surface area (Å²) in [6.07, 6.45) is -4.36. The molecule has 0 spiro atoms. The van der Waals surface area contributed by atoms with Crippen molar-refractivity contribution in [1.29, 1.82) is 0 Å². The Balaban J connectivity index is 2.17. The molecule has 0 aliphatic rings. The van der Waals surface area contributed by atoms with E-state index < -0.39 is 11.7 Å². The number of nitrogens with one attached hydrogen (secondary N) is 1. The highest BCUT2D eigenvalue weighted by Gasteiger charge is 2.33. The third-order valence-corrected chi connectivity index (χ3v) is 3.39. The van der Waals surface area contributed by atoms with Gasteiger partial charge in [-0.15, -0.1) is 11.3 Å². The molecule has 1 aromatic heterocycles. The third kappa shape index (κ3) is 2.76. The maximum absolute atomic E-state index is 12.7. The Bertz CT molecular complexity index is 534. The van der Waals surface area contributed by atoms with Crippen LogP contribution in [0.3, 0.4) is 0 Å². The molecule has 0 atom stereocenters. The number of nitrogens with two attached hydrogens (primary N) is 1. The molecule has 0 saturated heterocycles. The Morgan fingerprint density at radius 2 is 1.89 bits per heavy atom. The van der Waals surface area contributed by atoms with E-state index in [4.69, 9.17) is 5.73 Å². The number of benzene rings is 1. The molecule has 0 aliphatic carbocycles. The molecule has 0 bridgehead atoms. The van der Waals surface area contributed by atoms with Crippen LogP contribution in [-0.2, 0) is 12.7 Å². The van der Waals surface area contributed by atoms with E-state index >= 15 is 0 Å². The number of hydrogen-bond acceptors (Lipinski definition) is 3. The first-order chi connectivity index (χ1) is 8.48. The summed E-state index contributed by atoms with van der Waals surface area (Å²) in [7, 11) is 0. The van der Waals surface area contributed by atoms with Crippen LogP contribution >= 0.6 is 11.3 Å². The number of alkyl halides is 3. The molecule has 2 rings (SSSR count). The molecule has 0 fully saturated rings. The van der Waals surface area contributed by atoms with Crippen LogP contribution in [0.4, 0.5) is 24.5 Å². The Labute approximate surface area is 106 Å². The maximum Gasteiger partial charge on any atom is 0.418 e. The fraction of sp³-hybridized carbons (Fsp3) is 0.167. The summed E-state index contributed by atoms with van der Waals surface area (Å²) in [5.41, 5.74) is 5.67. The number of rotatable bonds is 3. The molecule has 0 amide bonds. The van der Waals surface area contributed by atoms with Crippen LogP contribution in [0.2, 0.25) is 0 Å². The van der Waals surface area contributed by atoms with E-state index in [2.05, 4.69) is 5.32 Å². The van der Waals surface area contributed by atoms with Crippen LogP contribution in [0, 0.1) is 0 Å². The van der Waals surface area contributed by atoms with Crippen molar-refractivity contribution in [3.05, 3.63) is 46.2 Å². The molecular formula is C12H11F3N2S. The number of halogens is 3. The van der Waals surface area contributed by atoms with Gasteiger partial charge in [0.2, 0.25) is 0 Å². The molecule has 1 aromatic carbocycles. The average Bonchev–Trinajstić information content (AvgIpc) is 2.71. The number of hydrogen-bond donors (Lipinski definition) is 2. The zero-order valence-corrected chi connectivity index (χ0v) is 10.1. The topological polar surface area (TPSA) is 38.0 Å². The number of nitrogen functional groups attached to an aromatic ring is 1. The first kappa shape index (κ1) is 12.8. The minimum absolute atomic E-state index is 0.0674. The predicted molar refractivity (Wildman–Crippen MR) is 67.5 cm³/mol. The summed E-state index contributed by atoms with van der Waals surface area (Å²) >= 11 is 1.41. The molecular weight excluding hydrogens is 261 g/mol. The Morgan fingerprint density at radius 1 is 1.17 bits per heavy atom. The summed E-state index contributed by atoms with van der Waals surface area (Å²) < 4.78 is 38.2. The minimum Gasteiger partial charge on any atom is -0.398 e. The van der Waals surface area contributed by atoms with Crippen molar-refractivity contribution in [2.24, 2.45) is 0 Å². The first-order valence-corrected chi connectivity index (χ1v) is 6.08. The smallest absolute Gasteiger partial charge is 0.398 e. The van der Waals surface area contributed by atoms with Crippen LogP contribution in [0.1, 0.15) is 10.4 Å². The molecule has 0 unspecified atom stereocenters. The molecule has 18 heavy (non-hydrogen) atoms. The van der Waals surface area contributed by atoms with Crippen molar-refractivity contribution in [3.63, 3.8) is 0 Å². The van der Waals surface area contributed by atoms with Crippen molar-refractivity contribution in [1.82, 2.24) is 0 Å². The summed E-state index contributed by atoms with van der Waals surface area (Å²) in [4.78, 5) is 0.826. The van der Waals surface area contributed by atoms with Gasteiger partial charge in [-0.2, -0.15) is 13.2 Å². The van der Waals surface area contributed by atoms with Crippen molar-refractivity contribution in [2.75, 3.05) is 11.1 Å². The van der Waals surface area contributed by atoms with E-state index in [0.29, 0.717) is 5.69 Å². The lowest BCUT2D eigenvalue weighted by atomic mass is 10.1. The van der Waals surface area contributed by atoms with Gasteiger partial charge >= 0.3 is 6.18 Å². The van der Waals surface area contributed by atoms with Crippen LogP contribution < -0.4 is 11.1 Å². The standard InChI is InChI=1S/C12H11F3N2S/c13-12(14,15)8-3-1-2-4-10(8)17-7-11-9(16)5-6-18-11/h1-6,17H,7,16H2. The van der Waals surface area contributed by atoms with E-state index in [9.17, 15) is 13.2 Å². The molecule has 2 aromatic rings. The van der Waals surface area contributed by atoms with Crippen LogP contribution in [0.15, 0.2) is 35.7 Å². The first-order valence-electron chi connectivity index (χ1n) is 5.20. The highest BCUT2D eigenvalue weighted by molar-refractivity contribution is 7.10. The fourth-order valence-electron chi connectivity index (χ4n) is 1.55. The molecule has 3 N–H and O–H groups in total. The summed E-state index contributed by atoms with van der Waals surface area (Å²) in [5, 5.41) is 4.58. The Hall–Kier alpha value is -1.69. The third-order valence-electron chi connectivity index (χ3n) is 2.45. The van der Waals surface area contributed by atoms with Gasteiger partial charge in [0.1, 0.15) is 0 Å². The second-order valence-corrected chi connectivity index (χ2v) is 4.70. The summed E-state index contributed by atoms with van der Waals surface area (Å²) in [5.74, 6) is 0. The molecule has 0 aliphatic heterocycles. The highest BCUT2D eigenvalue weighted by Crippen LogP contribution is 2.35. The SMILES string of the molecule is Nc1ccsc1CNc1ccccc1C(F)(F)F. The molecule has 0 saturated carbocycles. The van der Waals surface area contributed by atoms with E-state index in [-0.39, 0.29) is 12.2 Å². The van der Waals surface area contributed by atoms with Crippen LogP contribution in [-0.4, -0.2) is 0 Å². The van der Waals surface area contributed by atoms with Crippen LogP contribution in [0.25, 0.3) is 0 Å². The number of anilines is 2. The van der Waals surface area contributed by atoms with Gasteiger partial charge in [-0.1, -0.05) is 12.1 Å². The van der Waals surface area contributed by atoms with Crippen molar-refractivity contribution < 1.29 is 13.2 Å². The van der Waals surface area contributed by atoms with Gasteiger partial charge in [0.15, 0.2) is 0 Å². The zero-order chi connectivity index (χ0) is 13.2. The second-order valence-electron chi connectivity index (χ2n) is 3.70. The van der Waals surface area contributed by atoms with Crippen molar-refractivity contribution in [2.45, 2.75) is 12.7 Å². The predicted octanol–water partition coefficient (Wildman–Crippen LogP) is 3.96. The lowest BCUT2D eigenvalue weighted by Crippen LogP contribution is -2.10. The van der Waals surface area contributed by atoms with E-state index in [0.717, 1.165) is 10.9 Å². The lowest BCUT2D eigenvalue weighted by Gasteiger charge is -2.14. The maximum atomic E-state index is 12.7. The van der Waals surface area contributed by atoms with Gasteiger partial charge in [-0.25, -0.2) is 0 Å².